The Morgan fingerprint density at radius 2 is 1.26 bits per heavy atom. The second-order valence-electron chi connectivity index (χ2n) is 11.5. The summed E-state index contributed by atoms with van der Waals surface area (Å²) in [5.74, 6) is -6.77. The van der Waals surface area contributed by atoms with Gasteiger partial charge in [-0.1, -0.05) is 44.2 Å². The summed E-state index contributed by atoms with van der Waals surface area (Å²) in [6, 6.07) is 4.17. The zero-order valence-electron chi connectivity index (χ0n) is 26.5. The quantitative estimate of drug-likeness (QED) is 0.0734. The first-order chi connectivity index (χ1) is 21.7. The van der Waals surface area contributed by atoms with Crippen LogP contribution in [0, 0.1) is 5.92 Å². The van der Waals surface area contributed by atoms with Crippen LogP contribution in [-0.4, -0.2) is 82.4 Å². The molecule has 0 aromatic heterocycles. The molecule has 0 saturated carbocycles. The third kappa shape index (κ3) is 16.5. The number of benzene rings is 1. The van der Waals surface area contributed by atoms with E-state index in [1.807, 2.05) is 30.3 Å². The molecule has 0 saturated heterocycles. The van der Waals surface area contributed by atoms with Crippen LogP contribution in [0.1, 0.15) is 77.2 Å². The van der Waals surface area contributed by atoms with Gasteiger partial charge in [0.05, 0.1) is 6.42 Å². The van der Waals surface area contributed by atoms with E-state index in [4.69, 9.17) is 16.6 Å². The van der Waals surface area contributed by atoms with Crippen molar-refractivity contribution in [2.75, 3.05) is 6.54 Å². The zero-order valence-corrected chi connectivity index (χ0v) is 26.5. The minimum atomic E-state index is -1.68. The van der Waals surface area contributed by atoms with Crippen molar-refractivity contribution in [3.8, 4) is 0 Å². The van der Waals surface area contributed by atoms with E-state index in [2.05, 4.69) is 21.3 Å². The number of rotatable bonds is 23. The molecule has 10 N–H and O–H groups in total. The van der Waals surface area contributed by atoms with Crippen LogP contribution in [0.2, 0.25) is 0 Å². The van der Waals surface area contributed by atoms with Crippen LogP contribution in [0.4, 0.5) is 0 Å². The van der Waals surface area contributed by atoms with Gasteiger partial charge < -0.3 is 42.9 Å². The molecule has 5 amide bonds. The van der Waals surface area contributed by atoms with Crippen LogP contribution in [0.25, 0.3) is 0 Å². The van der Waals surface area contributed by atoms with E-state index in [9.17, 15) is 38.7 Å². The lowest BCUT2D eigenvalue weighted by Gasteiger charge is -2.26. The molecule has 0 aliphatic carbocycles. The van der Waals surface area contributed by atoms with E-state index in [0.29, 0.717) is 32.2 Å². The molecule has 4 atom stereocenters. The molecular formula is C31H48N6O9. The van der Waals surface area contributed by atoms with Crippen molar-refractivity contribution < 1.29 is 43.8 Å². The lowest BCUT2D eigenvalue weighted by molar-refractivity contribution is -0.141. The molecular weight excluding hydrogens is 600 g/mol. The van der Waals surface area contributed by atoms with E-state index in [1.165, 1.54) is 0 Å². The largest absolute Gasteiger partial charge is 0.481 e. The number of carboxylic acids is 2. The molecule has 46 heavy (non-hydrogen) atoms. The molecule has 0 radical (unpaired) electrons. The molecule has 0 heterocycles. The predicted octanol–water partition coefficient (Wildman–Crippen LogP) is -0.0516. The number of nitrogens with one attached hydrogen (secondary N) is 4. The van der Waals surface area contributed by atoms with Crippen LogP contribution in [0.3, 0.4) is 0 Å². The fourth-order valence-corrected chi connectivity index (χ4v) is 4.58. The summed E-state index contributed by atoms with van der Waals surface area (Å²) in [5.41, 5.74) is 12.0. The van der Waals surface area contributed by atoms with Crippen LogP contribution in [0.5, 0.6) is 0 Å². The smallest absolute Gasteiger partial charge is 0.305 e. The third-order valence-corrected chi connectivity index (χ3v) is 6.97. The highest BCUT2D eigenvalue weighted by molar-refractivity contribution is 5.96. The summed E-state index contributed by atoms with van der Waals surface area (Å²) in [4.78, 5) is 87.0. The number of aliphatic carboxylic acids is 2. The van der Waals surface area contributed by atoms with Gasteiger partial charge in [0, 0.05) is 12.8 Å². The topological polar surface area (TPSA) is 260 Å². The summed E-state index contributed by atoms with van der Waals surface area (Å²) in [7, 11) is 0. The first-order valence-electron chi connectivity index (χ1n) is 15.4. The summed E-state index contributed by atoms with van der Waals surface area (Å²) in [5, 5.41) is 28.3. The van der Waals surface area contributed by atoms with Crippen LogP contribution >= 0.6 is 0 Å². The van der Waals surface area contributed by atoms with Crippen molar-refractivity contribution in [2.45, 2.75) is 102 Å². The van der Waals surface area contributed by atoms with Crippen LogP contribution in [0.15, 0.2) is 30.3 Å². The van der Waals surface area contributed by atoms with Crippen molar-refractivity contribution >= 4 is 41.5 Å². The number of nitrogens with two attached hydrogens (primary N) is 2. The fraction of sp³-hybridized carbons (Fsp3) is 0.581. The van der Waals surface area contributed by atoms with E-state index in [0.717, 1.165) is 5.56 Å². The van der Waals surface area contributed by atoms with Gasteiger partial charge in [0.25, 0.3) is 0 Å². The first-order valence-corrected chi connectivity index (χ1v) is 15.4. The Morgan fingerprint density at radius 3 is 1.80 bits per heavy atom. The molecule has 1 rings (SSSR count). The first kappa shape index (κ1) is 39.5. The predicted molar refractivity (Wildman–Crippen MR) is 168 cm³/mol. The maximum absolute atomic E-state index is 13.3. The Labute approximate surface area is 268 Å². The molecule has 1 aromatic carbocycles. The molecule has 0 unspecified atom stereocenters. The van der Waals surface area contributed by atoms with Crippen LogP contribution in [-0.2, 0) is 40.0 Å². The van der Waals surface area contributed by atoms with Crippen molar-refractivity contribution in [2.24, 2.45) is 17.4 Å². The molecule has 0 fully saturated rings. The number of amides is 5. The number of primary amides is 1. The van der Waals surface area contributed by atoms with Gasteiger partial charge in [-0.2, -0.15) is 0 Å². The minimum absolute atomic E-state index is 0.0397. The maximum Gasteiger partial charge on any atom is 0.305 e. The summed E-state index contributed by atoms with van der Waals surface area (Å²) in [6.07, 6.45) is 0.844. The van der Waals surface area contributed by atoms with Gasteiger partial charge in [-0.25, -0.2) is 0 Å². The minimum Gasteiger partial charge on any atom is -0.481 e. The number of hydrogen-bond donors (Lipinski definition) is 8. The van der Waals surface area contributed by atoms with Gasteiger partial charge in [-0.15, -0.1) is 0 Å². The SMILES string of the molecule is CC(C)C[C@H](NC(=O)[C@H](CCC(=O)O)NC(=O)[C@H](CC(=O)O)NC(=O)[C@H](CCCCN)NC(=O)CCCc1ccccc1)C(N)=O. The highest BCUT2D eigenvalue weighted by Gasteiger charge is 2.32. The second-order valence-corrected chi connectivity index (χ2v) is 11.5. The number of unbranched alkanes of at least 4 members (excludes halogenated alkanes) is 1. The zero-order chi connectivity index (χ0) is 34.6. The lowest BCUT2D eigenvalue weighted by atomic mass is 10.0. The highest BCUT2D eigenvalue weighted by atomic mass is 16.4. The fourth-order valence-electron chi connectivity index (χ4n) is 4.58. The van der Waals surface area contributed by atoms with Crippen molar-refractivity contribution in [1.82, 2.24) is 21.3 Å². The van der Waals surface area contributed by atoms with E-state index in [1.54, 1.807) is 13.8 Å². The molecule has 15 heteroatoms. The summed E-state index contributed by atoms with van der Waals surface area (Å²) >= 11 is 0. The lowest BCUT2D eigenvalue weighted by Crippen LogP contribution is -2.58. The van der Waals surface area contributed by atoms with Gasteiger partial charge in [0.15, 0.2) is 0 Å². The number of carbonyl (C=O) groups is 7. The Balaban J connectivity index is 3.05. The second kappa shape index (κ2) is 21.2. The van der Waals surface area contributed by atoms with E-state index < -0.39 is 84.9 Å². The molecule has 1 aromatic rings. The Bertz CT molecular complexity index is 1180. The number of hydrogen-bond acceptors (Lipinski definition) is 8. The Morgan fingerprint density at radius 1 is 0.696 bits per heavy atom. The molecule has 256 valence electrons. The number of carboxylic acid groups (broad SMARTS) is 2. The number of aryl methyl sites for hydroxylation is 1. The van der Waals surface area contributed by atoms with Gasteiger partial charge in [-0.3, -0.25) is 33.6 Å². The van der Waals surface area contributed by atoms with Crippen molar-refractivity contribution in [3.05, 3.63) is 35.9 Å². The highest BCUT2D eigenvalue weighted by Crippen LogP contribution is 2.09. The van der Waals surface area contributed by atoms with Crippen molar-refractivity contribution in [3.63, 3.8) is 0 Å². The summed E-state index contributed by atoms with van der Waals surface area (Å²) in [6.45, 7) is 3.93. The molecule has 0 aliphatic heterocycles. The molecule has 0 spiro atoms. The average Bonchev–Trinajstić information content (AvgIpc) is 2.97. The monoisotopic (exact) mass is 648 g/mol. The van der Waals surface area contributed by atoms with Crippen molar-refractivity contribution in [1.29, 1.82) is 0 Å². The van der Waals surface area contributed by atoms with Gasteiger partial charge >= 0.3 is 11.9 Å². The molecule has 0 bridgehead atoms. The normalized spacial score (nSPS) is 13.5. The molecule has 15 nitrogen and oxygen atoms in total. The van der Waals surface area contributed by atoms with Crippen LogP contribution < -0.4 is 32.7 Å². The Kier molecular flexibility index (Phi) is 18.2. The van der Waals surface area contributed by atoms with Gasteiger partial charge in [0.2, 0.25) is 29.5 Å². The molecule has 0 aliphatic rings. The van der Waals surface area contributed by atoms with E-state index in [-0.39, 0.29) is 25.2 Å². The van der Waals surface area contributed by atoms with Gasteiger partial charge in [0.1, 0.15) is 24.2 Å². The number of carbonyl (C=O) groups excluding carboxylic acids is 5. The Hall–Kier alpha value is -4.53. The standard InChI is InChI=1S/C31H48N6O9/c1-19(2)17-23(28(33)43)36-30(45)22(14-15-26(39)40)35-31(46)24(18-27(41)42)37-29(44)21(12-6-7-16-32)34-25(38)13-8-11-20-9-4-3-5-10-20/h3-5,9-10,19,21-24H,6-8,11-18,32H2,1-2H3,(H2,33,43)(H,34,38)(H,35,46)(H,36,45)(H,37,44)(H,39,40)(H,41,42)/t21-,22-,23-,24-/m0/s1. The van der Waals surface area contributed by atoms with E-state index >= 15 is 0 Å². The van der Waals surface area contributed by atoms with Gasteiger partial charge in [-0.05, 0) is 63.0 Å². The third-order valence-electron chi connectivity index (χ3n) is 6.97. The average molecular weight is 649 g/mol. The maximum atomic E-state index is 13.3. The summed E-state index contributed by atoms with van der Waals surface area (Å²) < 4.78 is 0.